The lowest BCUT2D eigenvalue weighted by atomic mass is 10.0. The smallest absolute Gasteiger partial charge is 0.261 e. The molecule has 0 saturated heterocycles. The van der Waals surface area contributed by atoms with Crippen LogP contribution in [-0.2, 0) is 4.79 Å². The lowest BCUT2D eigenvalue weighted by molar-refractivity contribution is -0.120. The molecule has 0 radical (unpaired) electrons. The van der Waals surface area contributed by atoms with E-state index in [-0.39, 0.29) is 17.4 Å². The van der Waals surface area contributed by atoms with Crippen molar-refractivity contribution in [3.05, 3.63) is 59.1 Å². The van der Waals surface area contributed by atoms with E-state index >= 15 is 0 Å². The Labute approximate surface area is 162 Å². The highest BCUT2D eigenvalue weighted by atomic mass is 16.5. The molecule has 1 heterocycles. The molecule has 1 amide bonds. The number of nitrogens with one attached hydrogen (secondary N) is 1. The molecule has 1 unspecified atom stereocenters. The Bertz CT molecular complexity index is 1060. The molecule has 0 spiro atoms. The molecule has 7 heteroatoms. The number of hydrogen-bond donors (Lipinski definition) is 1. The fourth-order valence-corrected chi connectivity index (χ4v) is 3.14. The SMILES string of the molecule is COc1ccc(NC(=O)C(C(C)C)n2cnc3ccccc3c2=O)c(OC)c1. The van der Waals surface area contributed by atoms with Crippen molar-refractivity contribution in [3.63, 3.8) is 0 Å². The highest BCUT2D eigenvalue weighted by molar-refractivity contribution is 5.95. The maximum Gasteiger partial charge on any atom is 0.261 e. The Kier molecular flexibility index (Phi) is 5.63. The molecule has 2 aromatic carbocycles. The van der Waals surface area contributed by atoms with Gasteiger partial charge >= 0.3 is 0 Å². The summed E-state index contributed by atoms with van der Waals surface area (Å²) in [5.41, 5.74) is 0.852. The van der Waals surface area contributed by atoms with Gasteiger partial charge in [0.25, 0.3) is 5.56 Å². The van der Waals surface area contributed by atoms with Crippen molar-refractivity contribution in [2.45, 2.75) is 19.9 Å². The van der Waals surface area contributed by atoms with Crippen molar-refractivity contribution in [3.8, 4) is 11.5 Å². The van der Waals surface area contributed by atoms with Gasteiger partial charge in [-0.3, -0.25) is 14.2 Å². The van der Waals surface area contributed by atoms with Gasteiger partial charge in [0.05, 0.1) is 37.1 Å². The van der Waals surface area contributed by atoms with Gasteiger partial charge in [-0.1, -0.05) is 26.0 Å². The molecule has 0 fully saturated rings. The number of hydrogen-bond acceptors (Lipinski definition) is 5. The summed E-state index contributed by atoms with van der Waals surface area (Å²) >= 11 is 0. The number of fused-ring (bicyclic) bond motifs is 1. The van der Waals surface area contributed by atoms with Crippen LogP contribution in [0.15, 0.2) is 53.6 Å². The van der Waals surface area contributed by atoms with Crippen LogP contribution in [0.4, 0.5) is 5.69 Å². The Balaban J connectivity index is 1.99. The molecule has 3 aromatic rings. The first kappa shape index (κ1) is 19.4. The summed E-state index contributed by atoms with van der Waals surface area (Å²) in [6.07, 6.45) is 1.43. The van der Waals surface area contributed by atoms with Gasteiger partial charge < -0.3 is 14.8 Å². The molecule has 28 heavy (non-hydrogen) atoms. The van der Waals surface area contributed by atoms with Gasteiger partial charge in [0.2, 0.25) is 5.91 Å². The largest absolute Gasteiger partial charge is 0.497 e. The Hall–Kier alpha value is -3.35. The summed E-state index contributed by atoms with van der Waals surface area (Å²) in [6, 6.07) is 11.5. The molecule has 1 aromatic heterocycles. The predicted octanol–water partition coefficient (Wildman–Crippen LogP) is 3.25. The second-order valence-corrected chi connectivity index (χ2v) is 6.72. The van der Waals surface area contributed by atoms with Crippen molar-refractivity contribution in [1.82, 2.24) is 9.55 Å². The van der Waals surface area contributed by atoms with Crippen LogP contribution in [-0.4, -0.2) is 29.7 Å². The van der Waals surface area contributed by atoms with Crippen LogP contribution >= 0.6 is 0 Å². The summed E-state index contributed by atoms with van der Waals surface area (Å²) in [7, 11) is 3.07. The zero-order valence-corrected chi connectivity index (χ0v) is 16.3. The van der Waals surface area contributed by atoms with E-state index in [1.807, 2.05) is 19.9 Å². The minimum absolute atomic E-state index is 0.134. The zero-order chi connectivity index (χ0) is 20.3. The fraction of sp³-hybridized carbons (Fsp3) is 0.286. The Morgan fingerprint density at radius 1 is 1.11 bits per heavy atom. The molecule has 1 atom stereocenters. The van der Waals surface area contributed by atoms with Gasteiger partial charge in [-0.2, -0.15) is 0 Å². The maximum atomic E-state index is 13.1. The van der Waals surface area contributed by atoms with Gasteiger partial charge in [0.15, 0.2) is 0 Å². The van der Waals surface area contributed by atoms with Crippen LogP contribution < -0.4 is 20.3 Å². The third kappa shape index (κ3) is 3.69. The molecule has 0 bridgehead atoms. The number of amides is 1. The summed E-state index contributed by atoms with van der Waals surface area (Å²) in [5.74, 6) is 0.631. The summed E-state index contributed by atoms with van der Waals surface area (Å²) in [6.45, 7) is 3.77. The predicted molar refractivity (Wildman–Crippen MR) is 108 cm³/mol. The second-order valence-electron chi connectivity index (χ2n) is 6.72. The molecular weight excluding hydrogens is 358 g/mol. The molecule has 7 nitrogen and oxygen atoms in total. The van der Waals surface area contributed by atoms with E-state index in [2.05, 4.69) is 10.3 Å². The number of methoxy groups -OCH3 is 2. The maximum absolute atomic E-state index is 13.1. The Morgan fingerprint density at radius 2 is 1.86 bits per heavy atom. The van der Waals surface area contributed by atoms with Crippen molar-refractivity contribution in [1.29, 1.82) is 0 Å². The summed E-state index contributed by atoms with van der Waals surface area (Å²) in [4.78, 5) is 30.4. The van der Waals surface area contributed by atoms with E-state index < -0.39 is 6.04 Å². The summed E-state index contributed by atoms with van der Waals surface area (Å²) in [5, 5.41) is 3.34. The van der Waals surface area contributed by atoms with Gasteiger partial charge in [0, 0.05) is 6.07 Å². The molecule has 146 valence electrons. The zero-order valence-electron chi connectivity index (χ0n) is 16.3. The number of benzene rings is 2. The first-order valence-electron chi connectivity index (χ1n) is 8.95. The first-order chi connectivity index (χ1) is 13.5. The van der Waals surface area contributed by atoms with Crippen LogP contribution in [0.1, 0.15) is 19.9 Å². The van der Waals surface area contributed by atoms with Crippen LogP contribution in [0.25, 0.3) is 10.9 Å². The highest BCUT2D eigenvalue weighted by Gasteiger charge is 2.26. The highest BCUT2D eigenvalue weighted by Crippen LogP contribution is 2.30. The molecule has 3 rings (SSSR count). The molecule has 0 aliphatic carbocycles. The molecule has 0 saturated carbocycles. The monoisotopic (exact) mass is 381 g/mol. The van der Waals surface area contributed by atoms with Gasteiger partial charge in [-0.15, -0.1) is 0 Å². The van der Waals surface area contributed by atoms with Crippen molar-refractivity contribution < 1.29 is 14.3 Å². The number of ether oxygens (including phenoxy) is 2. The van der Waals surface area contributed by atoms with Crippen LogP contribution in [0.3, 0.4) is 0 Å². The number of anilines is 1. The number of aromatic nitrogens is 2. The quantitative estimate of drug-likeness (QED) is 0.709. The van der Waals surface area contributed by atoms with E-state index in [4.69, 9.17) is 9.47 Å². The fourth-order valence-electron chi connectivity index (χ4n) is 3.14. The van der Waals surface area contributed by atoms with Gasteiger partial charge in [-0.05, 0) is 30.2 Å². The topological polar surface area (TPSA) is 82.5 Å². The average molecular weight is 381 g/mol. The summed E-state index contributed by atoms with van der Waals surface area (Å²) < 4.78 is 11.9. The minimum atomic E-state index is -0.726. The Morgan fingerprint density at radius 3 is 2.54 bits per heavy atom. The number of carbonyl (C=O) groups is 1. The lowest BCUT2D eigenvalue weighted by Crippen LogP contribution is -2.36. The van der Waals surface area contributed by atoms with E-state index in [0.717, 1.165) is 0 Å². The minimum Gasteiger partial charge on any atom is -0.497 e. The molecule has 0 aliphatic heterocycles. The third-order valence-electron chi connectivity index (χ3n) is 4.56. The van der Waals surface area contributed by atoms with Gasteiger partial charge in [-0.25, -0.2) is 4.98 Å². The number of para-hydroxylation sites is 1. The van der Waals surface area contributed by atoms with Crippen molar-refractivity contribution in [2.75, 3.05) is 19.5 Å². The first-order valence-corrected chi connectivity index (χ1v) is 8.95. The molecular formula is C21H23N3O4. The van der Waals surface area contributed by atoms with Crippen LogP contribution in [0.5, 0.6) is 11.5 Å². The second kappa shape index (κ2) is 8.12. The van der Waals surface area contributed by atoms with Crippen molar-refractivity contribution >= 4 is 22.5 Å². The van der Waals surface area contributed by atoms with Crippen LogP contribution in [0, 0.1) is 5.92 Å². The van der Waals surface area contributed by atoms with E-state index in [9.17, 15) is 9.59 Å². The standard InChI is InChI=1S/C21H23N3O4/c1-13(2)19(24-12-22-16-8-6-5-7-15(16)21(24)26)20(25)23-17-10-9-14(27-3)11-18(17)28-4/h5-13,19H,1-4H3,(H,23,25). The lowest BCUT2D eigenvalue weighted by Gasteiger charge is -2.23. The normalized spacial score (nSPS) is 12.0. The average Bonchev–Trinajstić information content (AvgIpc) is 2.70. The van der Waals surface area contributed by atoms with Crippen molar-refractivity contribution in [2.24, 2.45) is 5.92 Å². The number of rotatable bonds is 6. The third-order valence-corrected chi connectivity index (χ3v) is 4.56. The molecule has 1 N–H and O–H groups in total. The van der Waals surface area contributed by atoms with E-state index in [1.54, 1.807) is 43.5 Å². The van der Waals surface area contributed by atoms with E-state index in [1.165, 1.54) is 18.0 Å². The van der Waals surface area contributed by atoms with Gasteiger partial charge in [0.1, 0.15) is 17.5 Å². The molecule has 0 aliphatic rings. The van der Waals surface area contributed by atoms with E-state index in [0.29, 0.717) is 28.1 Å². The number of nitrogens with zero attached hydrogens (tertiary/aromatic N) is 2. The van der Waals surface area contributed by atoms with Crippen LogP contribution in [0.2, 0.25) is 0 Å². The number of carbonyl (C=O) groups excluding carboxylic acids is 1.